The van der Waals surface area contributed by atoms with E-state index in [1.807, 2.05) is 30.3 Å². The molecule has 3 aromatic rings. The van der Waals surface area contributed by atoms with Gasteiger partial charge in [0.05, 0.1) is 18.7 Å². The van der Waals surface area contributed by atoms with Crippen molar-refractivity contribution in [3.8, 4) is 22.9 Å². The van der Waals surface area contributed by atoms with Crippen LogP contribution in [0.3, 0.4) is 0 Å². The second-order valence-electron chi connectivity index (χ2n) is 7.67. The van der Waals surface area contributed by atoms with E-state index in [0.29, 0.717) is 43.0 Å². The fourth-order valence-electron chi connectivity index (χ4n) is 3.80. The standard InChI is InChI=1S/C26H24N4O3/c1-33-23-12-10-22(11-13-23)28-26(32)30-16-14-29(15-17-30)25(31)20-8-6-19(7-9-20)24-5-3-2-4-21(24)18-27/h2-13H,14-17H2,1H3,(H,28,32). The van der Waals surface area contributed by atoms with Crippen molar-refractivity contribution in [2.75, 3.05) is 38.6 Å². The molecule has 33 heavy (non-hydrogen) atoms. The third-order valence-corrected chi connectivity index (χ3v) is 5.69. The molecule has 166 valence electrons. The number of ether oxygens (including phenoxy) is 1. The summed E-state index contributed by atoms with van der Waals surface area (Å²) in [5, 5.41) is 12.2. The van der Waals surface area contributed by atoms with E-state index >= 15 is 0 Å². The monoisotopic (exact) mass is 440 g/mol. The van der Waals surface area contributed by atoms with Gasteiger partial charge < -0.3 is 19.9 Å². The molecular weight excluding hydrogens is 416 g/mol. The predicted molar refractivity (Wildman–Crippen MR) is 126 cm³/mol. The molecule has 0 spiro atoms. The average molecular weight is 441 g/mol. The molecule has 4 rings (SSSR count). The third-order valence-electron chi connectivity index (χ3n) is 5.69. The number of amides is 3. The summed E-state index contributed by atoms with van der Waals surface area (Å²) >= 11 is 0. The molecule has 7 heteroatoms. The smallest absolute Gasteiger partial charge is 0.321 e. The normalized spacial score (nSPS) is 13.2. The lowest BCUT2D eigenvalue weighted by atomic mass is 9.99. The second kappa shape index (κ2) is 9.88. The minimum atomic E-state index is -0.187. The number of hydrogen-bond acceptors (Lipinski definition) is 4. The summed E-state index contributed by atoms with van der Waals surface area (Å²) in [6, 6.07) is 23.8. The van der Waals surface area contributed by atoms with Gasteiger partial charge in [0.1, 0.15) is 5.75 Å². The maximum Gasteiger partial charge on any atom is 0.321 e. The number of anilines is 1. The van der Waals surface area contributed by atoms with Crippen molar-refractivity contribution in [2.45, 2.75) is 0 Å². The minimum absolute atomic E-state index is 0.0645. The average Bonchev–Trinajstić information content (AvgIpc) is 2.89. The van der Waals surface area contributed by atoms with Crippen molar-refractivity contribution < 1.29 is 14.3 Å². The molecule has 1 N–H and O–H groups in total. The number of carbonyl (C=O) groups is 2. The summed E-state index contributed by atoms with van der Waals surface area (Å²) < 4.78 is 5.13. The van der Waals surface area contributed by atoms with Crippen LogP contribution in [0.25, 0.3) is 11.1 Å². The van der Waals surface area contributed by atoms with Crippen LogP contribution in [0.2, 0.25) is 0 Å². The van der Waals surface area contributed by atoms with Gasteiger partial charge in [-0.3, -0.25) is 4.79 Å². The van der Waals surface area contributed by atoms with Crippen LogP contribution in [0.5, 0.6) is 5.75 Å². The van der Waals surface area contributed by atoms with Gasteiger partial charge in [-0.1, -0.05) is 30.3 Å². The molecule has 7 nitrogen and oxygen atoms in total. The molecule has 0 aromatic heterocycles. The molecule has 0 aliphatic carbocycles. The highest BCUT2D eigenvalue weighted by Crippen LogP contribution is 2.24. The molecule has 1 saturated heterocycles. The Kier molecular flexibility index (Phi) is 6.56. The zero-order valence-corrected chi connectivity index (χ0v) is 18.3. The fourth-order valence-corrected chi connectivity index (χ4v) is 3.80. The third kappa shape index (κ3) is 4.96. The first-order valence-electron chi connectivity index (χ1n) is 10.7. The number of rotatable bonds is 4. The van der Waals surface area contributed by atoms with Gasteiger partial charge >= 0.3 is 6.03 Å². The molecule has 0 unspecified atom stereocenters. The second-order valence-corrected chi connectivity index (χ2v) is 7.67. The van der Waals surface area contributed by atoms with E-state index in [-0.39, 0.29) is 11.9 Å². The largest absolute Gasteiger partial charge is 0.497 e. The predicted octanol–water partition coefficient (Wildman–Crippen LogP) is 4.22. The first kappa shape index (κ1) is 21.9. The first-order chi connectivity index (χ1) is 16.1. The molecule has 3 amide bonds. The Labute approximate surface area is 192 Å². The van der Waals surface area contributed by atoms with Crippen LogP contribution in [0.1, 0.15) is 15.9 Å². The quantitative estimate of drug-likeness (QED) is 0.658. The highest BCUT2D eigenvalue weighted by molar-refractivity contribution is 5.95. The minimum Gasteiger partial charge on any atom is -0.497 e. The Balaban J connectivity index is 1.34. The van der Waals surface area contributed by atoms with Crippen molar-refractivity contribution in [1.82, 2.24) is 9.80 Å². The lowest BCUT2D eigenvalue weighted by molar-refractivity contribution is 0.0671. The Bertz CT molecular complexity index is 1180. The van der Waals surface area contributed by atoms with E-state index in [1.165, 1.54) is 0 Å². The van der Waals surface area contributed by atoms with Gasteiger partial charge in [-0.2, -0.15) is 5.26 Å². The zero-order chi connectivity index (χ0) is 23.2. The number of nitrogens with zero attached hydrogens (tertiary/aromatic N) is 3. The number of nitrogens with one attached hydrogen (secondary N) is 1. The molecule has 0 saturated carbocycles. The highest BCUT2D eigenvalue weighted by atomic mass is 16.5. The van der Waals surface area contributed by atoms with Gasteiger partial charge in [-0.05, 0) is 53.6 Å². The van der Waals surface area contributed by atoms with Crippen molar-refractivity contribution in [3.05, 3.63) is 83.9 Å². The Hall–Kier alpha value is -4.31. The number of nitriles is 1. The Morgan fingerprint density at radius 3 is 2.15 bits per heavy atom. The van der Waals surface area contributed by atoms with E-state index in [4.69, 9.17) is 4.74 Å². The number of urea groups is 1. The summed E-state index contributed by atoms with van der Waals surface area (Å²) in [5.74, 6) is 0.660. The van der Waals surface area contributed by atoms with Crippen molar-refractivity contribution in [3.63, 3.8) is 0 Å². The topological polar surface area (TPSA) is 85.7 Å². The van der Waals surface area contributed by atoms with Gasteiger partial charge in [-0.15, -0.1) is 0 Å². The summed E-state index contributed by atoms with van der Waals surface area (Å²) in [7, 11) is 1.59. The van der Waals surface area contributed by atoms with Crippen molar-refractivity contribution in [2.24, 2.45) is 0 Å². The van der Waals surface area contributed by atoms with Gasteiger partial charge in [0.15, 0.2) is 0 Å². The maximum absolute atomic E-state index is 12.9. The molecule has 1 aliphatic rings. The van der Waals surface area contributed by atoms with Crippen LogP contribution in [0, 0.1) is 11.3 Å². The molecule has 0 bridgehead atoms. The maximum atomic E-state index is 12.9. The van der Waals surface area contributed by atoms with Crippen molar-refractivity contribution >= 4 is 17.6 Å². The lowest BCUT2D eigenvalue weighted by Crippen LogP contribution is -2.51. The number of benzene rings is 3. The van der Waals surface area contributed by atoms with Gasteiger partial charge in [0, 0.05) is 37.4 Å². The SMILES string of the molecule is COc1ccc(NC(=O)N2CCN(C(=O)c3ccc(-c4ccccc4C#N)cc3)CC2)cc1. The van der Waals surface area contributed by atoms with Crippen LogP contribution in [0.4, 0.5) is 10.5 Å². The van der Waals surface area contributed by atoms with Crippen LogP contribution < -0.4 is 10.1 Å². The molecule has 1 aliphatic heterocycles. The van der Waals surface area contributed by atoms with E-state index in [2.05, 4.69) is 11.4 Å². The zero-order valence-electron chi connectivity index (χ0n) is 18.3. The highest BCUT2D eigenvalue weighted by Gasteiger charge is 2.25. The van der Waals surface area contributed by atoms with Crippen molar-refractivity contribution in [1.29, 1.82) is 5.26 Å². The molecular formula is C26H24N4O3. The van der Waals surface area contributed by atoms with Crippen LogP contribution in [-0.4, -0.2) is 55.0 Å². The van der Waals surface area contributed by atoms with Crippen LogP contribution >= 0.6 is 0 Å². The van der Waals surface area contributed by atoms with Gasteiger partial charge in [0.25, 0.3) is 5.91 Å². The molecule has 1 heterocycles. The molecule has 3 aromatic carbocycles. The number of methoxy groups -OCH3 is 1. The molecule has 1 fully saturated rings. The molecule has 0 radical (unpaired) electrons. The fraction of sp³-hybridized carbons (Fsp3) is 0.192. The van der Waals surface area contributed by atoms with E-state index in [1.54, 1.807) is 59.4 Å². The van der Waals surface area contributed by atoms with Crippen LogP contribution in [0.15, 0.2) is 72.8 Å². The Morgan fingerprint density at radius 2 is 1.52 bits per heavy atom. The number of carbonyl (C=O) groups excluding carboxylic acids is 2. The summed E-state index contributed by atoms with van der Waals surface area (Å²) in [5.41, 5.74) is 3.61. The van der Waals surface area contributed by atoms with Gasteiger partial charge in [-0.25, -0.2) is 4.79 Å². The van der Waals surface area contributed by atoms with E-state index < -0.39 is 0 Å². The lowest BCUT2D eigenvalue weighted by Gasteiger charge is -2.34. The van der Waals surface area contributed by atoms with Crippen LogP contribution in [-0.2, 0) is 0 Å². The Morgan fingerprint density at radius 1 is 0.879 bits per heavy atom. The summed E-state index contributed by atoms with van der Waals surface area (Å²) in [4.78, 5) is 29.0. The first-order valence-corrected chi connectivity index (χ1v) is 10.7. The van der Waals surface area contributed by atoms with E-state index in [0.717, 1.165) is 16.9 Å². The summed E-state index contributed by atoms with van der Waals surface area (Å²) in [6.07, 6.45) is 0. The van der Waals surface area contributed by atoms with Gasteiger partial charge in [0.2, 0.25) is 0 Å². The number of piperazine rings is 1. The molecule has 0 atom stereocenters. The van der Waals surface area contributed by atoms with E-state index in [9.17, 15) is 14.9 Å². The number of hydrogen-bond donors (Lipinski definition) is 1. The summed E-state index contributed by atoms with van der Waals surface area (Å²) in [6.45, 7) is 1.85.